The van der Waals surface area contributed by atoms with E-state index in [2.05, 4.69) is 16.0 Å². The van der Waals surface area contributed by atoms with Crippen LogP contribution in [0.4, 0.5) is 0 Å². The van der Waals surface area contributed by atoms with Crippen LogP contribution in [0.1, 0.15) is 5.56 Å². The molecule has 0 aliphatic carbocycles. The highest BCUT2D eigenvalue weighted by Gasteiger charge is 1.99. The Bertz CT molecular complexity index is 486. The molecule has 15 heavy (non-hydrogen) atoms. The number of pyridine rings is 2. The molecule has 0 saturated heterocycles. The molecule has 2 heterocycles. The first kappa shape index (κ1) is 9.35. The molecule has 72 valence electrons. The van der Waals surface area contributed by atoms with E-state index in [4.69, 9.17) is 5.26 Å². The highest BCUT2D eigenvalue weighted by Crippen LogP contribution is 2.18. The smallest absolute Gasteiger partial charge is 0.0670 e. The fourth-order valence-corrected chi connectivity index (χ4v) is 1.38. The van der Waals surface area contributed by atoms with E-state index in [1.807, 2.05) is 18.2 Å². The van der Waals surface area contributed by atoms with E-state index in [1.165, 1.54) is 0 Å². The fraction of sp³-hybridized carbons (Fsp3) is 0.0833. The average Bonchev–Trinajstić information content (AvgIpc) is 2.31. The minimum atomic E-state index is 0.395. The van der Waals surface area contributed by atoms with Gasteiger partial charge in [0.15, 0.2) is 0 Å². The summed E-state index contributed by atoms with van der Waals surface area (Å²) < 4.78 is 0. The Balaban J connectivity index is 2.38. The molecule has 0 atom stereocenters. The lowest BCUT2D eigenvalue weighted by atomic mass is 10.1. The van der Waals surface area contributed by atoms with Crippen molar-refractivity contribution in [3.63, 3.8) is 0 Å². The fourth-order valence-electron chi connectivity index (χ4n) is 1.38. The van der Waals surface area contributed by atoms with Gasteiger partial charge in [-0.3, -0.25) is 9.97 Å². The lowest BCUT2D eigenvalue weighted by Crippen LogP contribution is -1.86. The van der Waals surface area contributed by atoms with E-state index < -0.39 is 0 Å². The molecule has 0 aromatic carbocycles. The van der Waals surface area contributed by atoms with Gasteiger partial charge in [-0.25, -0.2) is 0 Å². The van der Waals surface area contributed by atoms with Crippen molar-refractivity contribution in [1.82, 2.24) is 9.97 Å². The van der Waals surface area contributed by atoms with Crippen LogP contribution in [0.2, 0.25) is 0 Å². The van der Waals surface area contributed by atoms with Crippen LogP contribution in [0.3, 0.4) is 0 Å². The normalized spacial score (nSPS) is 9.53. The maximum absolute atomic E-state index is 8.59. The van der Waals surface area contributed by atoms with Crippen LogP contribution in [0.15, 0.2) is 43.0 Å². The molecule has 2 aromatic rings. The molecule has 0 amide bonds. The van der Waals surface area contributed by atoms with Crippen LogP contribution in [-0.4, -0.2) is 9.97 Å². The third kappa shape index (κ3) is 2.18. The molecule has 3 heteroatoms. The first-order valence-electron chi connectivity index (χ1n) is 4.61. The van der Waals surface area contributed by atoms with Gasteiger partial charge in [0.05, 0.1) is 12.5 Å². The molecule has 0 spiro atoms. The molecule has 3 nitrogen and oxygen atoms in total. The van der Waals surface area contributed by atoms with Crippen LogP contribution in [-0.2, 0) is 6.42 Å². The molecular weight excluding hydrogens is 186 g/mol. The van der Waals surface area contributed by atoms with Crippen molar-refractivity contribution >= 4 is 0 Å². The van der Waals surface area contributed by atoms with Crippen molar-refractivity contribution in [2.24, 2.45) is 0 Å². The van der Waals surface area contributed by atoms with E-state index in [0.29, 0.717) is 6.42 Å². The molecule has 0 radical (unpaired) electrons. The maximum Gasteiger partial charge on any atom is 0.0670 e. The average molecular weight is 195 g/mol. The Morgan fingerprint density at radius 1 is 1.07 bits per heavy atom. The summed E-state index contributed by atoms with van der Waals surface area (Å²) in [5.74, 6) is 0. The first-order chi connectivity index (χ1) is 7.40. The van der Waals surface area contributed by atoms with Gasteiger partial charge in [0, 0.05) is 30.4 Å². The number of hydrogen-bond acceptors (Lipinski definition) is 3. The van der Waals surface area contributed by atoms with E-state index >= 15 is 0 Å². The molecule has 0 saturated carbocycles. The molecule has 0 N–H and O–H groups in total. The summed E-state index contributed by atoms with van der Waals surface area (Å²) in [7, 11) is 0. The Hall–Kier alpha value is -2.21. The van der Waals surface area contributed by atoms with Crippen LogP contribution in [0.5, 0.6) is 0 Å². The number of nitriles is 1. The van der Waals surface area contributed by atoms with Crippen molar-refractivity contribution in [1.29, 1.82) is 5.26 Å². The Morgan fingerprint density at radius 3 is 2.60 bits per heavy atom. The molecule has 0 aliphatic rings. The Kier molecular flexibility index (Phi) is 2.70. The van der Waals surface area contributed by atoms with Crippen molar-refractivity contribution in [2.45, 2.75) is 6.42 Å². The van der Waals surface area contributed by atoms with Gasteiger partial charge in [-0.2, -0.15) is 5.26 Å². The number of hydrogen-bond donors (Lipinski definition) is 0. The second-order valence-corrected chi connectivity index (χ2v) is 3.15. The van der Waals surface area contributed by atoms with Crippen molar-refractivity contribution < 1.29 is 0 Å². The third-order valence-electron chi connectivity index (χ3n) is 2.09. The van der Waals surface area contributed by atoms with Gasteiger partial charge in [-0.15, -0.1) is 0 Å². The van der Waals surface area contributed by atoms with Gasteiger partial charge < -0.3 is 0 Å². The summed E-state index contributed by atoms with van der Waals surface area (Å²) in [6.07, 6.45) is 7.38. The molecular formula is C12H9N3. The molecule has 2 rings (SSSR count). The lowest BCUT2D eigenvalue weighted by Gasteiger charge is -2.01. The summed E-state index contributed by atoms with van der Waals surface area (Å²) in [6.45, 7) is 0. The zero-order chi connectivity index (χ0) is 10.5. The van der Waals surface area contributed by atoms with Crippen molar-refractivity contribution in [2.75, 3.05) is 0 Å². The second kappa shape index (κ2) is 4.34. The summed E-state index contributed by atoms with van der Waals surface area (Å²) in [5.41, 5.74) is 3.02. The van der Waals surface area contributed by atoms with Crippen molar-refractivity contribution in [3.05, 3.63) is 48.5 Å². The quantitative estimate of drug-likeness (QED) is 0.738. The minimum absolute atomic E-state index is 0.395. The predicted octanol–water partition coefficient (Wildman–Crippen LogP) is 2.21. The van der Waals surface area contributed by atoms with Gasteiger partial charge in [-0.05, 0) is 29.3 Å². The lowest BCUT2D eigenvalue weighted by molar-refractivity contribution is 1.19. The van der Waals surface area contributed by atoms with E-state index in [1.54, 1.807) is 24.8 Å². The van der Waals surface area contributed by atoms with Crippen LogP contribution in [0, 0.1) is 11.3 Å². The van der Waals surface area contributed by atoms with E-state index in [-0.39, 0.29) is 0 Å². The molecule has 0 bridgehead atoms. The summed E-state index contributed by atoms with van der Waals surface area (Å²) in [6, 6.07) is 7.94. The Morgan fingerprint density at radius 2 is 1.87 bits per heavy atom. The molecule has 0 aliphatic heterocycles. The van der Waals surface area contributed by atoms with E-state index in [9.17, 15) is 0 Å². The molecule has 2 aromatic heterocycles. The topological polar surface area (TPSA) is 49.6 Å². The summed E-state index contributed by atoms with van der Waals surface area (Å²) in [5, 5.41) is 8.59. The monoisotopic (exact) mass is 195 g/mol. The van der Waals surface area contributed by atoms with Gasteiger partial charge in [0.25, 0.3) is 0 Å². The molecule has 0 unspecified atom stereocenters. The number of aromatic nitrogens is 2. The van der Waals surface area contributed by atoms with Crippen LogP contribution in [0.25, 0.3) is 11.1 Å². The maximum atomic E-state index is 8.59. The first-order valence-corrected chi connectivity index (χ1v) is 4.61. The van der Waals surface area contributed by atoms with Crippen LogP contribution >= 0.6 is 0 Å². The summed E-state index contributed by atoms with van der Waals surface area (Å²) in [4.78, 5) is 8.06. The van der Waals surface area contributed by atoms with Crippen LogP contribution < -0.4 is 0 Å². The third-order valence-corrected chi connectivity index (χ3v) is 2.09. The zero-order valence-corrected chi connectivity index (χ0v) is 8.09. The summed E-state index contributed by atoms with van der Waals surface area (Å²) >= 11 is 0. The molecule has 0 fully saturated rings. The Labute approximate surface area is 88.1 Å². The highest BCUT2D eigenvalue weighted by atomic mass is 14.6. The predicted molar refractivity (Wildman–Crippen MR) is 56.8 cm³/mol. The second-order valence-electron chi connectivity index (χ2n) is 3.15. The highest BCUT2D eigenvalue weighted by molar-refractivity contribution is 5.62. The number of rotatable bonds is 2. The minimum Gasteiger partial charge on any atom is -0.265 e. The van der Waals surface area contributed by atoms with Gasteiger partial charge >= 0.3 is 0 Å². The SMILES string of the molecule is N#CCc1cncc(-c2ccncc2)c1. The van der Waals surface area contributed by atoms with Crippen molar-refractivity contribution in [3.8, 4) is 17.2 Å². The van der Waals surface area contributed by atoms with Gasteiger partial charge in [0.1, 0.15) is 0 Å². The van der Waals surface area contributed by atoms with E-state index in [0.717, 1.165) is 16.7 Å². The standard InChI is InChI=1S/C12H9N3/c13-4-1-10-7-12(9-15-8-10)11-2-5-14-6-3-11/h2-3,5-9H,1H2. The zero-order valence-electron chi connectivity index (χ0n) is 8.09. The largest absolute Gasteiger partial charge is 0.265 e. The number of nitrogens with zero attached hydrogens (tertiary/aromatic N) is 3. The van der Waals surface area contributed by atoms with Gasteiger partial charge in [-0.1, -0.05) is 0 Å². The van der Waals surface area contributed by atoms with Gasteiger partial charge in [0.2, 0.25) is 0 Å².